The van der Waals surface area contributed by atoms with Gasteiger partial charge in [-0.2, -0.15) is 0 Å². The summed E-state index contributed by atoms with van der Waals surface area (Å²) in [6.45, 7) is 1.03. The standard InChI is InChI=1S/C17H18F2N2O2S2/c18-12-2-3-13(15(19)10-12)11-1-4-16(22)14(9-11)17(23)21-6-8-25-24-7-5-20/h1-4,9-10,22H,5-8,20H2,(H,21,23). The molecule has 25 heavy (non-hydrogen) atoms. The van der Waals surface area contributed by atoms with Crippen molar-refractivity contribution in [2.45, 2.75) is 0 Å². The van der Waals surface area contributed by atoms with Crippen molar-refractivity contribution in [1.29, 1.82) is 0 Å². The molecule has 0 aliphatic rings. The van der Waals surface area contributed by atoms with Gasteiger partial charge >= 0.3 is 0 Å². The van der Waals surface area contributed by atoms with Crippen LogP contribution in [0.25, 0.3) is 11.1 Å². The molecule has 4 N–H and O–H groups in total. The SMILES string of the molecule is NCCSSCCNC(=O)c1cc(-c2ccc(F)cc2F)ccc1O. The summed E-state index contributed by atoms with van der Waals surface area (Å²) in [7, 11) is 3.22. The molecule has 2 aromatic carbocycles. The Morgan fingerprint density at radius 3 is 2.60 bits per heavy atom. The average molecular weight is 384 g/mol. The highest BCUT2D eigenvalue weighted by Crippen LogP contribution is 2.28. The van der Waals surface area contributed by atoms with Crippen molar-refractivity contribution in [3.05, 3.63) is 53.6 Å². The first-order valence-corrected chi connectivity index (χ1v) is 10.0. The van der Waals surface area contributed by atoms with Gasteiger partial charge in [0.1, 0.15) is 17.4 Å². The molecule has 4 nitrogen and oxygen atoms in total. The Labute approximate surface area is 152 Å². The lowest BCUT2D eigenvalue weighted by Crippen LogP contribution is -2.25. The molecule has 0 aliphatic heterocycles. The summed E-state index contributed by atoms with van der Waals surface area (Å²) in [6, 6.07) is 7.39. The van der Waals surface area contributed by atoms with Crippen LogP contribution in [0, 0.1) is 11.6 Å². The van der Waals surface area contributed by atoms with E-state index in [-0.39, 0.29) is 16.9 Å². The summed E-state index contributed by atoms with van der Waals surface area (Å²) in [5, 5.41) is 12.6. The number of halogens is 2. The highest BCUT2D eigenvalue weighted by atomic mass is 33.1. The molecule has 0 unspecified atom stereocenters. The van der Waals surface area contributed by atoms with Crippen LogP contribution in [0.15, 0.2) is 36.4 Å². The van der Waals surface area contributed by atoms with Crippen LogP contribution in [0.1, 0.15) is 10.4 Å². The number of phenolic OH excluding ortho intramolecular Hbond substituents is 1. The molecule has 2 rings (SSSR count). The molecule has 0 bridgehead atoms. The van der Waals surface area contributed by atoms with Crippen molar-refractivity contribution in [3.63, 3.8) is 0 Å². The van der Waals surface area contributed by atoms with Crippen molar-refractivity contribution in [2.24, 2.45) is 5.73 Å². The quantitative estimate of drug-likeness (QED) is 0.480. The molecule has 0 aliphatic carbocycles. The van der Waals surface area contributed by atoms with Gasteiger partial charge in [0.05, 0.1) is 5.56 Å². The number of benzene rings is 2. The van der Waals surface area contributed by atoms with Gasteiger partial charge < -0.3 is 16.2 Å². The van der Waals surface area contributed by atoms with E-state index >= 15 is 0 Å². The van der Waals surface area contributed by atoms with E-state index < -0.39 is 17.5 Å². The van der Waals surface area contributed by atoms with E-state index in [0.717, 1.165) is 17.9 Å². The van der Waals surface area contributed by atoms with Gasteiger partial charge in [-0.15, -0.1) is 0 Å². The van der Waals surface area contributed by atoms with E-state index in [1.807, 2.05) is 0 Å². The summed E-state index contributed by atoms with van der Waals surface area (Å²) in [5.74, 6) is -0.526. The molecule has 1 amide bonds. The summed E-state index contributed by atoms with van der Waals surface area (Å²) < 4.78 is 26.9. The Kier molecular flexibility index (Phi) is 7.54. The molecule has 0 atom stereocenters. The van der Waals surface area contributed by atoms with E-state index in [1.165, 1.54) is 24.3 Å². The third kappa shape index (κ3) is 5.62. The highest BCUT2D eigenvalue weighted by Gasteiger charge is 2.14. The number of rotatable bonds is 8. The first-order valence-electron chi connectivity index (χ1n) is 7.54. The fourth-order valence-corrected chi connectivity index (χ4v) is 3.84. The number of phenols is 1. The minimum absolute atomic E-state index is 0.0424. The second-order valence-corrected chi connectivity index (χ2v) is 7.75. The first kappa shape index (κ1) is 19.6. The van der Waals surface area contributed by atoms with Crippen LogP contribution in [0.2, 0.25) is 0 Å². The highest BCUT2D eigenvalue weighted by molar-refractivity contribution is 8.76. The largest absolute Gasteiger partial charge is 0.507 e. The molecule has 0 saturated heterocycles. The van der Waals surface area contributed by atoms with Crippen molar-refractivity contribution in [1.82, 2.24) is 5.32 Å². The normalized spacial score (nSPS) is 10.7. The number of carbonyl (C=O) groups is 1. The molecular formula is C17H18F2N2O2S2. The molecule has 0 heterocycles. The van der Waals surface area contributed by atoms with E-state index in [2.05, 4.69) is 5.32 Å². The number of aromatic hydroxyl groups is 1. The number of nitrogens with one attached hydrogen (secondary N) is 1. The van der Waals surface area contributed by atoms with Gasteiger partial charge in [0.15, 0.2) is 0 Å². The Morgan fingerprint density at radius 1 is 1.12 bits per heavy atom. The molecule has 0 spiro atoms. The van der Waals surface area contributed by atoms with Gasteiger partial charge in [0, 0.05) is 36.2 Å². The molecular weight excluding hydrogens is 366 g/mol. The van der Waals surface area contributed by atoms with Crippen molar-refractivity contribution in [2.75, 3.05) is 24.6 Å². The molecule has 134 valence electrons. The van der Waals surface area contributed by atoms with Crippen molar-refractivity contribution < 1.29 is 18.7 Å². The molecule has 0 saturated carbocycles. The lowest BCUT2D eigenvalue weighted by Gasteiger charge is -2.10. The lowest BCUT2D eigenvalue weighted by molar-refractivity contribution is 0.0953. The smallest absolute Gasteiger partial charge is 0.255 e. The Hall–Kier alpha value is -1.77. The van der Waals surface area contributed by atoms with Crippen LogP contribution >= 0.6 is 21.6 Å². The maximum absolute atomic E-state index is 13.9. The van der Waals surface area contributed by atoms with Crippen LogP contribution in [-0.4, -0.2) is 35.6 Å². The van der Waals surface area contributed by atoms with Gasteiger partial charge in [-0.3, -0.25) is 4.79 Å². The minimum atomic E-state index is -0.731. The fraction of sp³-hybridized carbons (Fsp3) is 0.235. The number of amides is 1. The maximum atomic E-state index is 13.9. The van der Waals surface area contributed by atoms with Crippen molar-refractivity contribution in [3.8, 4) is 16.9 Å². The lowest BCUT2D eigenvalue weighted by atomic mass is 10.0. The maximum Gasteiger partial charge on any atom is 0.255 e. The summed E-state index contributed by atoms with van der Waals surface area (Å²) in [5.41, 5.74) is 5.97. The van der Waals surface area contributed by atoms with Crippen LogP contribution in [0.4, 0.5) is 8.78 Å². The van der Waals surface area contributed by atoms with Gasteiger partial charge in [0.25, 0.3) is 5.91 Å². The molecule has 0 radical (unpaired) electrons. The van der Waals surface area contributed by atoms with Crippen LogP contribution in [-0.2, 0) is 0 Å². The van der Waals surface area contributed by atoms with E-state index in [0.29, 0.717) is 24.4 Å². The number of nitrogens with two attached hydrogens (primary N) is 1. The van der Waals surface area contributed by atoms with Gasteiger partial charge in [-0.25, -0.2) is 8.78 Å². The van der Waals surface area contributed by atoms with Gasteiger partial charge in [0.2, 0.25) is 0 Å². The zero-order valence-corrected chi connectivity index (χ0v) is 14.9. The average Bonchev–Trinajstić information content (AvgIpc) is 2.58. The van der Waals surface area contributed by atoms with Gasteiger partial charge in [-0.1, -0.05) is 27.7 Å². The zero-order chi connectivity index (χ0) is 18.2. The van der Waals surface area contributed by atoms with Crippen LogP contribution in [0.5, 0.6) is 5.75 Å². The number of hydrogen-bond acceptors (Lipinski definition) is 5. The minimum Gasteiger partial charge on any atom is -0.507 e. The second kappa shape index (κ2) is 9.65. The van der Waals surface area contributed by atoms with E-state index in [4.69, 9.17) is 5.73 Å². The molecule has 2 aromatic rings. The first-order chi connectivity index (χ1) is 12.0. The third-order valence-corrected chi connectivity index (χ3v) is 5.68. The second-order valence-electron chi connectivity index (χ2n) is 5.04. The third-order valence-electron chi connectivity index (χ3n) is 3.24. The van der Waals surface area contributed by atoms with Crippen LogP contribution < -0.4 is 11.1 Å². The molecule has 8 heteroatoms. The Morgan fingerprint density at radius 2 is 1.88 bits per heavy atom. The fourth-order valence-electron chi connectivity index (χ4n) is 2.08. The topological polar surface area (TPSA) is 75.3 Å². The summed E-state index contributed by atoms with van der Waals surface area (Å²) in [6.07, 6.45) is 0. The predicted molar refractivity (Wildman–Crippen MR) is 99.8 cm³/mol. The summed E-state index contributed by atoms with van der Waals surface area (Å²) in [4.78, 5) is 12.2. The van der Waals surface area contributed by atoms with Crippen LogP contribution in [0.3, 0.4) is 0 Å². The number of carbonyl (C=O) groups excluding carboxylic acids is 1. The Balaban J connectivity index is 2.06. The molecule has 0 aromatic heterocycles. The monoisotopic (exact) mass is 384 g/mol. The number of hydrogen-bond donors (Lipinski definition) is 3. The Bertz CT molecular complexity index is 745. The summed E-state index contributed by atoms with van der Waals surface area (Å²) >= 11 is 0. The predicted octanol–water partition coefficient (Wildman–Crippen LogP) is 3.41. The van der Waals surface area contributed by atoms with E-state index in [9.17, 15) is 18.7 Å². The van der Waals surface area contributed by atoms with Gasteiger partial charge in [-0.05, 0) is 29.8 Å². The zero-order valence-electron chi connectivity index (χ0n) is 13.3. The van der Waals surface area contributed by atoms with Crippen molar-refractivity contribution >= 4 is 27.5 Å². The molecule has 0 fully saturated rings. The van der Waals surface area contributed by atoms with E-state index in [1.54, 1.807) is 21.6 Å².